The zero-order valence-corrected chi connectivity index (χ0v) is 10.5. The Bertz CT molecular complexity index is 703. The van der Waals surface area contributed by atoms with Gasteiger partial charge in [-0.2, -0.15) is 0 Å². The maximum Gasteiger partial charge on any atom is 0.175 e. The monoisotopic (exact) mass is 276 g/mol. The number of furan rings is 1. The quantitative estimate of drug-likeness (QED) is 0.628. The summed E-state index contributed by atoms with van der Waals surface area (Å²) in [7, 11) is 0. The number of nitrogens with zero attached hydrogens (tertiary/aromatic N) is 2. The fourth-order valence-corrected chi connectivity index (χ4v) is 2.25. The normalized spacial score (nSPS) is 11.4. The third kappa shape index (κ3) is 1.33. The van der Waals surface area contributed by atoms with E-state index < -0.39 is 0 Å². The molecule has 3 rings (SSSR count). The molecule has 1 aromatic carbocycles. The van der Waals surface area contributed by atoms with Gasteiger partial charge in [0, 0.05) is 9.86 Å². The van der Waals surface area contributed by atoms with Crippen LogP contribution in [0.15, 0.2) is 27.1 Å². The second-order valence-electron chi connectivity index (χ2n) is 3.78. The van der Waals surface area contributed by atoms with Crippen LogP contribution in [-0.2, 0) is 0 Å². The van der Waals surface area contributed by atoms with Crippen LogP contribution in [0.3, 0.4) is 0 Å². The van der Waals surface area contributed by atoms with E-state index in [1.54, 1.807) is 0 Å². The lowest BCUT2D eigenvalue weighted by Gasteiger charge is -1.95. The van der Waals surface area contributed by atoms with Crippen LogP contribution in [-0.4, -0.2) is 9.97 Å². The van der Waals surface area contributed by atoms with Crippen molar-refractivity contribution in [2.24, 2.45) is 0 Å². The molecule has 16 heavy (non-hydrogen) atoms. The van der Waals surface area contributed by atoms with Gasteiger partial charge in [-0.1, -0.05) is 15.9 Å². The van der Waals surface area contributed by atoms with Gasteiger partial charge < -0.3 is 4.42 Å². The zero-order valence-electron chi connectivity index (χ0n) is 8.91. The second-order valence-corrected chi connectivity index (χ2v) is 4.69. The molecule has 0 aliphatic heterocycles. The minimum Gasteiger partial charge on any atom is -0.452 e. The Balaban J connectivity index is 2.57. The highest BCUT2D eigenvalue weighted by molar-refractivity contribution is 9.10. The van der Waals surface area contributed by atoms with Gasteiger partial charge in [-0.25, -0.2) is 9.97 Å². The van der Waals surface area contributed by atoms with E-state index in [0.29, 0.717) is 0 Å². The van der Waals surface area contributed by atoms with Gasteiger partial charge in [0.05, 0.1) is 5.69 Å². The maximum absolute atomic E-state index is 5.75. The lowest BCUT2D eigenvalue weighted by Crippen LogP contribution is -1.90. The summed E-state index contributed by atoms with van der Waals surface area (Å²) in [5, 5.41) is 1.03. The number of aromatic nitrogens is 2. The highest BCUT2D eigenvalue weighted by Gasteiger charge is 2.11. The molecule has 0 saturated heterocycles. The molecule has 0 atom stereocenters. The molecule has 0 unspecified atom stereocenters. The SMILES string of the molecule is Cc1nc(C)c2oc3ccc(Br)cc3c2n1. The average Bonchev–Trinajstić information content (AvgIpc) is 2.57. The van der Waals surface area contributed by atoms with Gasteiger partial charge in [0.25, 0.3) is 0 Å². The van der Waals surface area contributed by atoms with Crippen molar-refractivity contribution in [2.75, 3.05) is 0 Å². The third-order valence-electron chi connectivity index (χ3n) is 2.56. The van der Waals surface area contributed by atoms with E-state index in [9.17, 15) is 0 Å². The van der Waals surface area contributed by atoms with Crippen molar-refractivity contribution in [2.45, 2.75) is 13.8 Å². The summed E-state index contributed by atoms with van der Waals surface area (Å²) >= 11 is 3.45. The van der Waals surface area contributed by atoms with Gasteiger partial charge in [0.15, 0.2) is 5.58 Å². The van der Waals surface area contributed by atoms with Crippen LogP contribution >= 0.6 is 15.9 Å². The zero-order chi connectivity index (χ0) is 11.3. The molecule has 0 amide bonds. The number of rotatable bonds is 0. The van der Waals surface area contributed by atoms with E-state index in [1.807, 2.05) is 32.0 Å². The molecule has 3 aromatic rings. The third-order valence-corrected chi connectivity index (χ3v) is 3.05. The van der Waals surface area contributed by atoms with Gasteiger partial charge in [-0.05, 0) is 32.0 Å². The van der Waals surface area contributed by atoms with Crippen LogP contribution in [0, 0.1) is 13.8 Å². The van der Waals surface area contributed by atoms with Crippen molar-refractivity contribution in [1.82, 2.24) is 9.97 Å². The Morgan fingerprint density at radius 3 is 2.81 bits per heavy atom. The summed E-state index contributed by atoms with van der Waals surface area (Å²) in [6, 6.07) is 5.92. The molecular formula is C12H9BrN2O. The first kappa shape index (κ1) is 9.78. The molecule has 3 nitrogen and oxygen atoms in total. The minimum atomic E-state index is 0.771. The molecule has 0 aliphatic rings. The van der Waals surface area contributed by atoms with E-state index in [4.69, 9.17) is 4.42 Å². The predicted octanol–water partition coefficient (Wildman–Crippen LogP) is 3.76. The van der Waals surface area contributed by atoms with Crippen molar-refractivity contribution >= 4 is 38.0 Å². The fourth-order valence-electron chi connectivity index (χ4n) is 1.89. The van der Waals surface area contributed by atoms with E-state index in [-0.39, 0.29) is 0 Å². The number of hydrogen-bond acceptors (Lipinski definition) is 3. The molecule has 0 bridgehead atoms. The standard InChI is InChI=1S/C12H9BrN2O/c1-6-12-11(15-7(2)14-6)9-5-8(13)3-4-10(9)16-12/h3-5H,1-2H3. The Hall–Kier alpha value is -1.42. The molecule has 80 valence electrons. The van der Waals surface area contributed by atoms with Crippen LogP contribution in [0.4, 0.5) is 0 Å². The maximum atomic E-state index is 5.75. The summed E-state index contributed by atoms with van der Waals surface area (Å²) in [5.74, 6) is 0.771. The Labute approximate surface area is 101 Å². The molecule has 2 aromatic heterocycles. The van der Waals surface area contributed by atoms with Crippen LogP contribution in [0.1, 0.15) is 11.5 Å². The largest absolute Gasteiger partial charge is 0.452 e. The topological polar surface area (TPSA) is 38.9 Å². The van der Waals surface area contributed by atoms with Crippen LogP contribution in [0.2, 0.25) is 0 Å². The molecule has 0 radical (unpaired) electrons. The number of fused-ring (bicyclic) bond motifs is 3. The molecule has 0 N–H and O–H groups in total. The van der Waals surface area contributed by atoms with Gasteiger partial charge in [-0.3, -0.25) is 0 Å². The molecule has 0 aliphatic carbocycles. The van der Waals surface area contributed by atoms with Gasteiger partial charge in [0.2, 0.25) is 0 Å². The second kappa shape index (κ2) is 3.28. The van der Waals surface area contributed by atoms with E-state index in [0.717, 1.165) is 38.1 Å². The van der Waals surface area contributed by atoms with E-state index in [1.165, 1.54) is 0 Å². The first-order valence-electron chi connectivity index (χ1n) is 4.98. The number of benzene rings is 1. The highest BCUT2D eigenvalue weighted by Crippen LogP contribution is 2.30. The number of hydrogen-bond donors (Lipinski definition) is 0. The smallest absolute Gasteiger partial charge is 0.175 e. The van der Waals surface area contributed by atoms with Gasteiger partial charge in [0.1, 0.15) is 16.9 Å². The summed E-state index contributed by atoms with van der Waals surface area (Å²) in [6.45, 7) is 3.83. The summed E-state index contributed by atoms with van der Waals surface area (Å²) in [5.41, 5.74) is 3.40. The lowest BCUT2D eigenvalue weighted by atomic mass is 10.2. The molecule has 4 heteroatoms. The molecule has 2 heterocycles. The summed E-state index contributed by atoms with van der Waals surface area (Å²) in [6.07, 6.45) is 0. The highest BCUT2D eigenvalue weighted by atomic mass is 79.9. The lowest BCUT2D eigenvalue weighted by molar-refractivity contribution is 0.660. The first-order chi connectivity index (χ1) is 7.65. The Kier molecular flexibility index (Phi) is 2.01. The van der Waals surface area contributed by atoms with Crippen molar-refractivity contribution in [1.29, 1.82) is 0 Å². The van der Waals surface area contributed by atoms with Gasteiger partial charge >= 0.3 is 0 Å². The fraction of sp³-hybridized carbons (Fsp3) is 0.167. The van der Waals surface area contributed by atoms with Crippen LogP contribution < -0.4 is 0 Å². The molecular weight excluding hydrogens is 268 g/mol. The molecule has 0 saturated carbocycles. The van der Waals surface area contributed by atoms with Crippen LogP contribution in [0.5, 0.6) is 0 Å². The Morgan fingerprint density at radius 1 is 1.19 bits per heavy atom. The van der Waals surface area contributed by atoms with E-state index in [2.05, 4.69) is 25.9 Å². The average molecular weight is 277 g/mol. The van der Waals surface area contributed by atoms with Gasteiger partial charge in [-0.15, -0.1) is 0 Å². The molecule has 0 spiro atoms. The van der Waals surface area contributed by atoms with Crippen molar-refractivity contribution < 1.29 is 4.42 Å². The molecule has 0 fully saturated rings. The number of aryl methyl sites for hydroxylation is 2. The van der Waals surface area contributed by atoms with E-state index >= 15 is 0 Å². The summed E-state index contributed by atoms with van der Waals surface area (Å²) < 4.78 is 6.77. The van der Waals surface area contributed by atoms with Crippen molar-refractivity contribution in [3.8, 4) is 0 Å². The van der Waals surface area contributed by atoms with Crippen molar-refractivity contribution in [3.05, 3.63) is 34.2 Å². The Morgan fingerprint density at radius 2 is 2.00 bits per heavy atom. The number of halogens is 1. The van der Waals surface area contributed by atoms with Crippen LogP contribution in [0.25, 0.3) is 22.1 Å². The first-order valence-corrected chi connectivity index (χ1v) is 5.77. The van der Waals surface area contributed by atoms with Crippen molar-refractivity contribution in [3.63, 3.8) is 0 Å². The predicted molar refractivity (Wildman–Crippen MR) is 66.5 cm³/mol. The summed E-state index contributed by atoms with van der Waals surface area (Å²) in [4.78, 5) is 8.74. The minimum absolute atomic E-state index is 0.771.